The van der Waals surface area contributed by atoms with Crippen molar-refractivity contribution in [3.05, 3.63) is 61.1 Å². The summed E-state index contributed by atoms with van der Waals surface area (Å²) in [5.41, 5.74) is -0.360. The Balaban J connectivity index is 1.34. The third-order valence-corrected chi connectivity index (χ3v) is 10.4. The van der Waals surface area contributed by atoms with Gasteiger partial charge in [0.2, 0.25) is 31.9 Å². The number of carbonyl (C=O) groups is 2. The lowest BCUT2D eigenvalue weighted by Gasteiger charge is -2.34. The van der Waals surface area contributed by atoms with Crippen LogP contribution in [-0.4, -0.2) is 81.6 Å². The van der Waals surface area contributed by atoms with Gasteiger partial charge in [0.15, 0.2) is 0 Å². The number of rotatable bonds is 11. The van der Waals surface area contributed by atoms with Crippen molar-refractivity contribution in [1.82, 2.24) is 19.2 Å². The number of non-ortho nitro benzene ring substituents is 1. The van der Waals surface area contributed by atoms with E-state index in [9.17, 15) is 36.5 Å². The maximum atomic E-state index is 13.2. The van der Waals surface area contributed by atoms with E-state index in [0.29, 0.717) is 35.0 Å². The molecule has 2 aromatic rings. The monoisotopic (exact) mass is 645 g/mol. The number of hydrogen-bond donors (Lipinski definition) is 2. The van der Waals surface area contributed by atoms with E-state index in [1.807, 2.05) is 0 Å². The highest BCUT2D eigenvalue weighted by molar-refractivity contribution is 7.92. The van der Waals surface area contributed by atoms with Crippen LogP contribution in [0.5, 0.6) is 0 Å². The molecule has 2 saturated heterocycles. The molecular weight excluding hydrogens is 618 g/mol. The summed E-state index contributed by atoms with van der Waals surface area (Å²) < 4.78 is 55.9. The minimum absolute atomic E-state index is 0.102. The van der Waals surface area contributed by atoms with Gasteiger partial charge in [-0.2, -0.15) is 4.72 Å². The van der Waals surface area contributed by atoms with Gasteiger partial charge in [-0.05, 0) is 50.0 Å². The van der Waals surface area contributed by atoms with Crippen molar-refractivity contribution in [2.24, 2.45) is 0 Å². The van der Waals surface area contributed by atoms with Crippen LogP contribution in [0.25, 0.3) is 6.08 Å². The molecule has 2 amide bonds. The van der Waals surface area contributed by atoms with Crippen molar-refractivity contribution in [3.63, 3.8) is 0 Å². The van der Waals surface area contributed by atoms with Crippen molar-refractivity contribution < 1.29 is 31.3 Å². The molecule has 2 aliphatic rings. The number of likely N-dealkylation sites (tertiary alicyclic amines) is 2. The summed E-state index contributed by atoms with van der Waals surface area (Å²) in [6, 6.07) is 6.48. The highest BCUT2D eigenvalue weighted by atomic mass is 35.5. The molecule has 17 heteroatoms. The van der Waals surface area contributed by atoms with Gasteiger partial charge in [0.05, 0.1) is 20.7 Å². The molecule has 2 atom stereocenters. The van der Waals surface area contributed by atoms with E-state index in [0.717, 1.165) is 11.5 Å². The summed E-state index contributed by atoms with van der Waals surface area (Å²) in [7, 11) is -8.01. The number of sulfonamides is 2. The second-order valence-corrected chi connectivity index (χ2v) is 14.7. The minimum atomic E-state index is -4.07. The second-order valence-electron chi connectivity index (χ2n) is 9.55. The van der Waals surface area contributed by atoms with E-state index in [1.165, 1.54) is 45.4 Å². The predicted octanol–water partition coefficient (Wildman–Crippen LogP) is 2.16. The highest BCUT2D eigenvalue weighted by Gasteiger charge is 2.35. The summed E-state index contributed by atoms with van der Waals surface area (Å²) in [4.78, 5) is 39.7. The van der Waals surface area contributed by atoms with Gasteiger partial charge in [-0.15, -0.1) is 11.3 Å². The van der Waals surface area contributed by atoms with Crippen LogP contribution in [0.2, 0.25) is 4.34 Å². The summed E-state index contributed by atoms with van der Waals surface area (Å²) in [5.74, 6) is -0.892. The fourth-order valence-corrected chi connectivity index (χ4v) is 7.88. The van der Waals surface area contributed by atoms with E-state index in [4.69, 9.17) is 11.6 Å². The van der Waals surface area contributed by atoms with Gasteiger partial charge in [-0.3, -0.25) is 19.7 Å². The zero-order valence-corrected chi connectivity index (χ0v) is 24.8. The predicted molar refractivity (Wildman–Crippen MR) is 153 cm³/mol. The summed E-state index contributed by atoms with van der Waals surface area (Å²) in [6.07, 6.45) is 3.32. The molecule has 4 rings (SSSR count). The number of hydrogen-bond acceptors (Lipinski definition) is 9. The number of thiophene rings is 1. The zero-order chi connectivity index (χ0) is 29.8. The maximum Gasteiger partial charge on any atom is 0.270 e. The molecular formula is C24H28ClN5O8S3. The molecule has 1 aromatic carbocycles. The second kappa shape index (κ2) is 13.0. The van der Waals surface area contributed by atoms with Gasteiger partial charge in [-0.1, -0.05) is 17.7 Å². The van der Waals surface area contributed by atoms with Crippen LogP contribution in [0.4, 0.5) is 5.69 Å². The average Bonchev–Trinajstić information content (AvgIpc) is 3.57. The Morgan fingerprint density at radius 1 is 1.15 bits per heavy atom. The van der Waals surface area contributed by atoms with Gasteiger partial charge >= 0.3 is 0 Å². The SMILES string of the molecule is O=C1[C@@H](NS(=O)(=O)/C=C/c2ccc(Cl)s2)CCCN1CC(=O)N1CCC[C@@H]1CNS(=O)(=O)c1cccc([N+](=O)[O-])c1. The molecule has 0 aliphatic carbocycles. The first kappa shape index (κ1) is 31.1. The van der Waals surface area contributed by atoms with E-state index in [1.54, 1.807) is 12.1 Å². The third-order valence-electron chi connectivity index (χ3n) is 6.71. The van der Waals surface area contributed by atoms with Gasteiger partial charge < -0.3 is 9.80 Å². The summed E-state index contributed by atoms with van der Waals surface area (Å²) >= 11 is 7.07. The fraction of sp³-hybridized carbons (Fsp3) is 0.417. The molecule has 0 unspecified atom stereocenters. The number of nitrogens with zero attached hydrogens (tertiary/aromatic N) is 3. The Hall–Kier alpha value is -2.89. The average molecular weight is 646 g/mol. The Kier molecular flexibility index (Phi) is 9.81. The van der Waals surface area contributed by atoms with Crippen LogP contribution in [0.1, 0.15) is 30.6 Å². The van der Waals surface area contributed by atoms with Crippen LogP contribution in [0.15, 0.2) is 46.7 Å². The molecule has 3 heterocycles. The molecule has 2 fully saturated rings. The van der Waals surface area contributed by atoms with Crippen molar-refractivity contribution in [3.8, 4) is 0 Å². The van der Waals surface area contributed by atoms with Crippen molar-refractivity contribution in [2.75, 3.05) is 26.2 Å². The first-order valence-corrected chi connectivity index (χ1v) is 16.9. The molecule has 0 radical (unpaired) electrons. The number of nitro groups is 1. The topological polar surface area (TPSA) is 176 Å². The summed E-state index contributed by atoms with van der Waals surface area (Å²) in [5, 5.41) is 12.0. The summed E-state index contributed by atoms with van der Waals surface area (Å²) in [6.45, 7) is 0.283. The standard InChI is InChI=1S/C24H28ClN5O8S3/c25-22-9-8-19(39-22)10-13-40(35,36)27-21-7-3-11-28(24(21)32)16-23(31)29-12-2-5-18(29)15-26-41(37,38)20-6-1-4-17(14-20)30(33)34/h1,4,6,8-10,13-14,18,21,26-27H,2-3,5,7,11-12,15-16H2/b13-10+/t18-,21+/m1/s1. The van der Waals surface area contributed by atoms with Crippen LogP contribution in [0, 0.1) is 10.1 Å². The Bertz CT molecular complexity index is 1560. The zero-order valence-electron chi connectivity index (χ0n) is 21.6. The van der Waals surface area contributed by atoms with E-state index in [2.05, 4.69) is 9.44 Å². The van der Waals surface area contributed by atoms with Crippen molar-refractivity contribution in [2.45, 2.75) is 42.7 Å². The smallest absolute Gasteiger partial charge is 0.270 e. The third kappa shape index (κ3) is 8.11. The Morgan fingerprint density at radius 3 is 2.61 bits per heavy atom. The number of benzene rings is 1. The van der Waals surface area contributed by atoms with Crippen LogP contribution in [-0.2, 0) is 29.6 Å². The molecule has 0 bridgehead atoms. The van der Waals surface area contributed by atoms with Gasteiger partial charge in [0, 0.05) is 48.1 Å². The number of piperidine rings is 1. The molecule has 1 aromatic heterocycles. The molecule has 2 N–H and O–H groups in total. The Labute approximate surface area is 246 Å². The number of nitrogens with one attached hydrogen (secondary N) is 2. The van der Waals surface area contributed by atoms with Crippen molar-refractivity contribution >= 4 is 66.6 Å². The maximum absolute atomic E-state index is 13.2. The first-order valence-electron chi connectivity index (χ1n) is 12.6. The molecule has 41 heavy (non-hydrogen) atoms. The van der Waals surface area contributed by atoms with Gasteiger partial charge in [0.25, 0.3) is 5.69 Å². The van der Waals surface area contributed by atoms with E-state index >= 15 is 0 Å². The van der Waals surface area contributed by atoms with Gasteiger partial charge in [-0.25, -0.2) is 21.6 Å². The number of halogens is 1. The first-order chi connectivity index (χ1) is 19.3. The minimum Gasteiger partial charge on any atom is -0.337 e. The lowest BCUT2D eigenvalue weighted by atomic mass is 10.1. The molecule has 0 saturated carbocycles. The van der Waals surface area contributed by atoms with E-state index < -0.39 is 43.0 Å². The van der Waals surface area contributed by atoms with Crippen LogP contribution >= 0.6 is 22.9 Å². The quantitative estimate of drug-likeness (QED) is 0.276. The number of amides is 2. The Morgan fingerprint density at radius 2 is 1.90 bits per heavy atom. The molecule has 13 nitrogen and oxygen atoms in total. The van der Waals surface area contributed by atoms with Crippen LogP contribution < -0.4 is 9.44 Å². The van der Waals surface area contributed by atoms with Crippen molar-refractivity contribution in [1.29, 1.82) is 0 Å². The lowest BCUT2D eigenvalue weighted by Crippen LogP contribution is -2.55. The number of carbonyl (C=O) groups excluding carboxylic acids is 2. The van der Waals surface area contributed by atoms with Crippen LogP contribution in [0.3, 0.4) is 0 Å². The molecule has 2 aliphatic heterocycles. The van der Waals surface area contributed by atoms with E-state index in [-0.39, 0.29) is 42.5 Å². The normalized spacial score (nSPS) is 20.2. The fourth-order valence-electron chi connectivity index (χ4n) is 4.70. The molecule has 222 valence electrons. The van der Waals surface area contributed by atoms with Gasteiger partial charge in [0.1, 0.15) is 6.04 Å². The highest BCUT2D eigenvalue weighted by Crippen LogP contribution is 2.23. The molecule has 0 spiro atoms. The largest absolute Gasteiger partial charge is 0.337 e. The number of nitro benzene ring substituents is 1. The lowest BCUT2D eigenvalue weighted by molar-refractivity contribution is -0.385.